The molecule has 89 heavy (non-hydrogen) atoms. The molecule has 0 radical (unpaired) electrons. The largest absolute Gasteiger partial charge is 0.394 e. The molecule has 0 spiro atoms. The van der Waals surface area contributed by atoms with Crippen molar-refractivity contribution in [1.82, 2.24) is 5.32 Å². The quantitative estimate of drug-likeness (QED) is 0.0204. The van der Waals surface area contributed by atoms with Gasteiger partial charge in [-0.15, -0.1) is 0 Å². The normalized spacial score (nSPS) is 23.0. The second-order valence-electron chi connectivity index (χ2n) is 27.5. The van der Waals surface area contributed by atoms with Gasteiger partial charge in [0.1, 0.15) is 48.8 Å². The van der Waals surface area contributed by atoms with E-state index in [4.69, 9.17) is 18.9 Å². The summed E-state index contributed by atoms with van der Waals surface area (Å²) >= 11 is 0. The van der Waals surface area contributed by atoms with Crippen molar-refractivity contribution in [3.63, 3.8) is 0 Å². The average molecular weight is 1270 g/mol. The van der Waals surface area contributed by atoms with Gasteiger partial charge < -0.3 is 65.1 Å². The fourth-order valence-electron chi connectivity index (χ4n) is 13.1. The third-order valence-corrected chi connectivity index (χ3v) is 19.2. The summed E-state index contributed by atoms with van der Waals surface area (Å²) in [6.07, 6.45) is 58.6. The molecule has 528 valence electrons. The van der Waals surface area contributed by atoms with Gasteiger partial charge in [0.2, 0.25) is 5.91 Å². The van der Waals surface area contributed by atoms with Gasteiger partial charge in [0.25, 0.3) is 0 Å². The number of carbonyl (C=O) groups is 1. The molecule has 2 heterocycles. The highest BCUT2D eigenvalue weighted by molar-refractivity contribution is 5.76. The Morgan fingerprint density at radius 2 is 0.697 bits per heavy atom. The first-order valence-corrected chi connectivity index (χ1v) is 38.4. The second kappa shape index (κ2) is 60.4. The molecule has 0 bridgehead atoms. The third kappa shape index (κ3) is 44.2. The zero-order valence-electron chi connectivity index (χ0n) is 57.7. The Bertz CT molecular complexity index is 1540. The smallest absolute Gasteiger partial charge is 0.220 e. The molecule has 0 aromatic heterocycles. The summed E-state index contributed by atoms with van der Waals surface area (Å²) in [6.45, 7) is 2.87. The van der Waals surface area contributed by atoms with Gasteiger partial charge in [-0.1, -0.05) is 353 Å². The lowest BCUT2D eigenvalue weighted by Crippen LogP contribution is -2.65. The van der Waals surface area contributed by atoms with Crippen molar-refractivity contribution >= 4 is 5.91 Å². The minimum Gasteiger partial charge on any atom is -0.394 e. The monoisotopic (exact) mass is 1270 g/mol. The summed E-state index contributed by atoms with van der Waals surface area (Å²) in [5, 5.41) is 87.6. The number of rotatable bonds is 65. The van der Waals surface area contributed by atoms with Gasteiger partial charge in [-0.3, -0.25) is 4.79 Å². The summed E-state index contributed by atoms with van der Waals surface area (Å²) < 4.78 is 22.9. The third-order valence-electron chi connectivity index (χ3n) is 19.2. The maximum absolute atomic E-state index is 13.4. The van der Waals surface area contributed by atoms with Crippen LogP contribution in [0.1, 0.15) is 367 Å². The molecule has 12 unspecified atom stereocenters. The molecular formula is C75H145NO13. The molecule has 0 saturated carbocycles. The minimum atomic E-state index is -1.79. The van der Waals surface area contributed by atoms with E-state index in [0.29, 0.717) is 0 Å². The molecule has 2 saturated heterocycles. The van der Waals surface area contributed by atoms with Gasteiger partial charge in [0.15, 0.2) is 12.6 Å². The number of aliphatic hydroxyl groups is 8. The number of ether oxygens (including phenoxy) is 4. The van der Waals surface area contributed by atoms with Gasteiger partial charge in [-0.05, 0) is 19.3 Å². The number of amides is 1. The Hall–Kier alpha value is -1.27. The fourth-order valence-corrected chi connectivity index (χ4v) is 13.1. The van der Waals surface area contributed by atoms with Crippen molar-refractivity contribution in [2.75, 3.05) is 19.8 Å². The van der Waals surface area contributed by atoms with Crippen LogP contribution in [0.2, 0.25) is 0 Å². The Kier molecular flexibility index (Phi) is 56.9. The first kappa shape index (κ1) is 83.8. The summed E-state index contributed by atoms with van der Waals surface area (Å²) in [7, 11) is 0. The van der Waals surface area contributed by atoms with Gasteiger partial charge >= 0.3 is 0 Å². The van der Waals surface area contributed by atoms with Crippen LogP contribution in [0.15, 0.2) is 12.2 Å². The van der Waals surface area contributed by atoms with Crippen LogP contribution in [0.25, 0.3) is 0 Å². The van der Waals surface area contributed by atoms with Crippen molar-refractivity contribution in [3.05, 3.63) is 12.2 Å². The molecule has 2 aliphatic heterocycles. The van der Waals surface area contributed by atoms with Crippen molar-refractivity contribution in [3.8, 4) is 0 Å². The molecule has 1 amide bonds. The second-order valence-corrected chi connectivity index (χ2v) is 27.5. The number of allylic oxidation sites excluding steroid dienone is 1. The van der Waals surface area contributed by atoms with Gasteiger partial charge in [0, 0.05) is 6.42 Å². The predicted molar refractivity (Wildman–Crippen MR) is 365 cm³/mol. The molecule has 9 N–H and O–H groups in total. The maximum Gasteiger partial charge on any atom is 0.220 e. The van der Waals surface area contributed by atoms with Crippen LogP contribution in [-0.4, -0.2) is 140 Å². The fraction of sp³-hybridized carbons (Fsp3) is 0.960. The van der Waals surface area contributed by atoms with E-state index in [2.05, 4.69) is 19.2 Å². The van der Waals surface area contributed by atoms with Crippen molar-refractivity contribution in [2.24, 2.45) is 0 Å². The molecule has 2 aliphatic rings. The maximum atomic E-state index is 13.4. The Labute approximate surface area is 546 Å². The highest BCUT2D eigenvalue weighted by atomic mass is 16.7. The average Bonchev–Trinajstić information content (AvgIpc) is 1.27. The van der Waals surface area contributed by atoms with E-state index < -0.39 is 86.8 Å². The van der Waals surface area contributed by atoms with Crippen LogP contribution in [0.3, 0.4) is 0 Å². The Morgan fingerprint density at radius 3 is 1.03 bits per heavy atom. The number of nitrogens with one attached hydrogen (secondary N) is 1. The summed E-state index contributed by atoms with van der Waals surface area (Å²) in [6, 6.07) is -0.912. The molecule has 0 aromatic rings. The molecular weight excluding hydrogens is 1120 g/mol. The highest BCUT2D eigenvalue weighted by Crippen LogP contribution is 2.30. The molecule has 14 heteroatoms. The standard InChI is InChI=1S/C75H145NO13/c1-3-5-7-9-11-13-15-17-19-21-23-25-27-29-30-31-32-33-35-36-38-40-42-44-46-48-50-52-54-56-58-64(79)63(62-86-74-72(85)70(83)73(66(61-78)88-74)89-75-71(84)69(82)68(81)65(60-77)87-75)76-67(80)59-57-55-53-51-49-47-45-43-41-39-37-34-28-26-24-22-20-18-16-14-12-10-8-6-4-2/h56,58,63-66,68-75,77-79,81-85H,3-55,57,59-62H2,1-2H3,(H,76,80)/b58-56+. The molecule has 0 aromatic carbocycles. The first-order chi connectivity index (χ1) is 43.6. The summed E-state index contributed by atoms with van der Waals surface area (Å²) in [5.41, 5.74) is 0. The molecule has 0 aliphatic carbocycles. The first-order valence-electron chi connectivity index (χ1n) is 38.4. The molecule has 12 atom stereocenters. The van der Waals surface area contributed by atoms with Crippen LogP contribution in [0, 0.1) is 0 Å². The van der Waals surface area contributed by atoms with Gasteiger partial charge in [-0.2, -0.15) is 0 Å². The van der Waals surface area contributed by atoms with Crippen LogP contribution in [0.5, 0.6) is 0 Å². The number of hydrogen-bond donors (Lipinski definition) is 9. The van der Waals surface area contributed by atoms with Gasteiger partial charge in [-0.25, -0.2) is 0 Å². The number of hydrogen-bond acceptors (Lipinski definition) is 13. The van der Waals surface area contributed by atoms with Crippen molar-refractivity contribution in [2.45, 2.75) is 441 Å². The van der Waals surface area contributed by atoms with Crippen molar-refractivity contribution in [1.29, 1.82) is 0 Å². The lowest BCUT2D eigenvalue weighted by atomic mass is 9.97. The lowest BCUT2D eigenvalue weighted by molar-refractivity contribution is -0.359. The van der Waals surface area contributed by atoms with Crippen LogP contribution >= 0.6 is 0 Å². The Balaban J connectivity index is 1.64. The topological polar surface area (TPSA) is 228 Å². The van der Waals surface area contributed by atoms with Crippen LogP contribution in [0.4, 0.5) is 0 Å². The van der Waals surface area contributed by atoms with Gasteiger partial charge in [0.05, 0.1) is 32.0 Å². The summed E-state index contributed by atoms with van der Waals surface area (Å²) in [5.74, 6) is -0.229. The van der Waals surface area contributed by atoms with E-state index >= 15 is 0 Å². The predicted octanol–water partition coefficient (Wildman–Crippen LogP) is 16.5. The van der Waals surface area contributed by atoms with Crippen molar-refractivity contribution < 1.29 is 64.6 Å². The number of unbranched alkanes of at least 4 members (excludes halogenated alkanes) is 52. The summed E-state index contributed by atoms with van der Waals surface area (Å²) in [4.78, 5) is 13.4. The van der Waals surface area contributed by atoms with E-state index in [1.807, 2.05) is 6.08 Å². The van der Waals surface area contributed by atoms with E-state index in [0.717, 1.165) is 44.9 Å². The molecule has 14 nitrogen and oxygen atoms in total. The Morgan fingerprint density at radius 1 is 0.393 bits per heavy atom. The number of carbonyl (C=O) groups excluding carboxylic acids is 1. The van der Waals surface area contributed by atoms with E-state index in [9.17, 15) is 45.6 Å². The van der Waals surface area contributed by atoms with E-state index in [1.54, 1.807) is 6.08 Å². The van der Waals surface area contributed by atoms with E-state index in [1.165, 1.54) is 302 Å². The molecule has 2 fully saturated rings. The van der Waals surface area contributed by atoms with Crippen LogP contribution < -0.4 is 5.32 Å². The highest BCUT2D eigenvalue weighted by Gasteiger charge is 2.51. The van der Waals surface area contributed by atoms with Crippen LogP contribution in [-0.2, 0) is 23.7 Å². The SMILES string of the molecule is CCCCCCCCCCCCCCCCCCCCCCCCCCCCCC/C=C/C(O)C(COC1OC(CO)C(OC2OC(CO)C(O)C(O)C2O)C(O)C1O)NC(=O)CCCCCCCCCCCCCCCCCCCCCCCCCCC. The van der Waals surface area contributed by atoms with E-state index in [-0.39, 0.29) is 18.9 Å². The zero-order chi connectivity index (χ0) is 64.5. The lowest BCUT2D eigenvalue weighted by Gasteiger charge is -2.46. The zero-order valence-corrected chi connectivity index (χ0v) is 57.7. The molecule has 2 rings (SSSR count). The number of aliphatic hydroxyl groups excluding tert-OH is 8. The minimum absolute atomic E-state index is 0.229.